The molecule has 132 valence electrons. The first-order chi connectivity index (χ1) is 10.2. The van der Waals surface area contributed by atoms with E-state index in [1.54, 1.807) is 0 Å². The Balaban J connectivity index is -0.000000168. The Morgan fingerprint density at radius 1 is 0.800 bits per heavy atom. The normalized spacial score (nSPS) is 12.0. The summed E-state index contributed by atoms with van der Waals surface area (Å²) in [6, 6.07) is 0. The van der Waals surface area contributed by atoms with Crippen molar-refractivity contribution < 1.29 is 104 Å². The van der Waals surface area contributed by atoms with Gasteiger partial charge >= 0.3 is 44.9 Å². The molecule has 15 heteroatoms. The van der Waals surface area contributed by atoms with Crippen molar-refractivity contribution in [3.05, 3.63) is 0 Å². The summed E-state index contributed by atoms with van der Waals surface area (Å²) in [5, 5.41) is 73.1. The molecule has 0 heterocycles. The molecular weight excluding hydrogens is 459 g/mol. The van der Waals surface area contributed by atoms with Gasteiger partial charge < -0.3 is 60.0 Å². The van der Waals surface area contributed by atoms with Gasteiger partial charge in [0.15, 0.2) is 6.10 Å². The maximum Gasteiger partial charge on any atom is 2.00 e. The monoisotopic (exact) mass is 466 g/mol. The van der Waals surface area contributed by atoms with Gasteiger partial charge in [-0.3, -0.25) is 0 Å². The minimum atomic E-state index is -2.97. The first-order valence-electron chi connectivity index (χ1n) is 5.38. The minimum Gasteiger partial charge on any atom is -0.550 e. The average Bonchev–Trinajstić information content (AvgIpc) is 2.35. The predicted octanol–water partition coefficient (Wildman–Crippen LogP) is -8.71. The summed E-state index contributed by atoms with van der Waals surface area (Å²) in [5.41, 5.74) is -2.97. The Bertz CT molecular complexity index is 457. The molecule has 0 spiro atoms. The van der Waals surface area contributed by atoms with Crippen LogP contribution in [-0.2, 0) is 62.9 Å². The van der Waals surface area contributed by atoms with Crippen molar-refractivity contribution in [2.45, 2.75) is 30.7 Å². The molecule has 25 heavy (non-hydrogen) atoms. The smallest absolute Gasteiger partial charge is 0.550 e. The van der Waals surface area contributed by atoms with E-state index in [1.807, 2.05) is 0 Å². The fourth-order valence-corrected chi connectivity index (χ4v) is 0.948. The number of carbonyl (C=O) groups excluding carboxylic acids is 4. The van der Waals surface area contributed by atoms with Crippen LogP contribution in [0.4, 0.5) is 0 Å². The van der Waals surface area contributed by atoms with Crippen LogP contribution < -0.4 is 20.4 Å². The van der Waals surface area contributed by atoms with Gasteiger partial charge in [-0.1, -0.05) is 0 Å². The van der Waals surface area contributed by atoms with Gasteiger partial charge in [0.1, 0.15) is 11.7 Å². The fraction of sp³-hybridized carbons (Fsp3) is 0.500. The quantitative estimate of drug-likeness (QED) is 0.241. The Morgan fingerprint density at radius 3 is 1.24 bits per heavy atom. The number of aliphatic hydroxyl groups is 3. The van der Waals surface area contributed by atoms with Gasteiger partial charge in [0.05, 0.1) is 11.9 Å². The first kappa shape index (κ1) is 31.3. The second-order valence-corrected chi connectivity index (χ2v) is 3.96. The summed E-state index contributed by atoms with van der Waals surface area (Å²) in [6.07, 6.45) is -7.42. The van der Waals surface area contributed by atoms with Gasteiger partial charge in [0, 0.05) is 24.8 Å². The third-order valence-corrected chi connectivity index (χ3v) is 2.05. The molecule has 0 fully saturated rings. The van der Waals surface area contributed by atoms with Crippen molar-refractivity contribution in [1.29, 1.82) is 0 Å². The number of aliphatic hydroxyl groups excluding tert-OH is 2. The van der Waals surface area contributed by atoms with E-state index in [0.717, 1.165) is 0 Å². The summed E-state index contributed by atoms with van der Waals surface area (Å²) in [4.78, 5) is 49.4. The summed E-state index contributed by atoms with van der Waals surface area (Å²) in [7, 11) is 0. The first-order valence-corrected chi connectivity index (χ1v) is 5.38. The van der Waals surface area contributed by atoms with Crippen LogP contribution >= 0.6 is 0 Å². The molecule has 0 saturated heterocycles. The number of carboxylic acids is 5. The molecule has 2 atom stereocenters. The standard InChI is InChI=1S/C6H8O7.C4H6O6.2Zn/c7-3(8)1-6(13,5(11)12)2-4(9)10;5-1(3(7)8)2(6)4(9)10;;/h13H,1-2H2,(H,7,8)(H,9,10)(H,11,12);1-2,5-6H,(H,7,8)(H,9,10);;/q;;2*+2/p-4. The summed E-state index contributed by atoms with van der Waals surface area (Å²) >= 11 is 0. The largest absolute Gasteiger partial charge is 2.00 e. The molecule has 0 aromatic rings. The molecule has 0 saturated carbocycles. The number of aliphatic carboxylic acids is 5. The zero-order valence-electron chi connectivity index (χ0n) is 12.4. The second-order valence-electron chi connectivity index (χ2n) is 3.96. The van der Waals surface area contributed by atoms with Crippen molar-refractivity contribution in [2.75, 3.05) is 0 Å². The van der Waals surface area contributed by atoms with Crippen LogP contribution in [0.25, 0.3) is 0 Å². The average molecular weight is 469 g/mol. The Kier molecular flexibility index (Phi) is 17.2. The van der Waals surface area contributed by atoms with Crippen LogP contribution in [0.2, 0.25) is 0 Å². The number of carbonyl (C=O) groups is 5. The molecule has 13 nitrogen and oxygen atoms in total. The van der Waals surface area contributed by atoms with E-state index in [1.165, 1.54) is 0 Å². The summed E-state index contributed by atoms with van der Waals surface area (Å²) in [6.45, 7) is 0. The van der Waals surface area contributed by atoms with Crippen LogP contribution in [0.1, 0.15) is 12.8 Å². The molecule has 0 aromatic carbocycles. The molecule has 0 aliphatic rings. The van der Waals surface area contributed by atoms with E-state index in [2.05, 4.69) is 0 Å². The van der Waals surface area contributed by atoms with Crippen LogP contribution in [-0.4, -0.2) is 68.1 Å². The van der Waals surface area contributed by atoms with Crippen molar-refractivity contribution in [2.24, 2.45) is 0 Å². The Labute approximate surface area is 164 Å². The Morgan fingerprint density at radius 2 is 1.12 bits per heavy atom. The van der Waals surface area contributed by atoms with Gasteiger partial charge in [-0.05, 0) is 0 Å². The zero-order valence-corrected chi connectivity index (χ0v) is 18.4. The van der Waals surface area contributed by atoms with Crippen LogP contribution in [0.3, 0.4) is 0 Å². The molecule has 0 aliphatic carbocycles. The van der Waals surface area contributed by atoms with Crippen LogP contribution in [0.5, 0.6) is 0 Å². The predicted molar refractivity (Wildman–Crippen MR) is 53.9 cm³/mol. The van der Waals surface area contributed by atoms with Crippen LogP contribution in [0, 0.1) is 0 Å². The zero-order chi connectivity index (χ0) is 19.0. The number of hydrogen-bond donors (Lipinski definition) is 4. The van der Waals surface area contributed by atoms with E-state index in [9.17, 15) is 44.4 Å². The number of carboxylic acid groups (broad SMARTS) is 5. The maximum atomic E-state index is 10.1. The van der Waals surface area contributed by atoms with Gasteiger partial charge in [0.25, 0.3) is 0 Å². The molecule has 0 aliphatic heterocycles. The van der Waals surface area contributed by atoms with Crippen molar-refractivity contribution in [3.8, 4) is 0 Å². The van der Waals surface area contributed by atoms with Crippen molar-refractivity contribution in [1.82, 2.24) is 0 Å². The van der Waals surface area contributed by atoms with Crippen molar-refractivity contribution in [3.63, 3.8) is 0 Å². The summed E-state index contributed by atoms with van der Waals surface area (Å²) < 4.78 is 0. The molecule has 0 rings (SSSR count). The van der Waals surface area contributed by atoms with E-state index < -0.39 is 60.5 Å². The minimum absolute atomic E-state index is 0. The van der Waals surface area contributed by atoms with Gasteiger partial charge in [-0.25, -0.2) is 4.79 Å². The molecule has 0 aromatic heterocycles. The molecule has 4 N–H and O–H groups in total. The van der Waals surface area contributed by atoms with E-state index in [0.29, 0.717) is 0 Å². The van der Waals surface area contributed by atoms with Gasteiger partial charge in [0.2, 0.25) is 0 Å². The topological polar surface area (TPSA) is 259 Å². The van der Waals surface area contributed by atoms with Gasteiger partial charge in [-0.15, -0.1) is 0 Å². The molecule has 0 radical (unpaired) electrons. The number of hydrogen-bond acceptors (Lipinski definition) is 12. The summed E-state index contributed by atoms with van der Waals surface area (Å²) in [5.74, 6) is -9.81. The van der Waals surface area contributed by atoms with Crippen LogP contribution in [0.15, 0.2) is 0 Å². The van der Waals surface area contributed by atoms with E-state index in [4.69, 9.17) is 20.4 Å². The molecule has 0 bridgehead atoms. The van der Waals surface area contributed by atoms with E-state index in [-0.39, 0.29) is 39.0 Å². The fourth-order valence-electron chi connectivity index (χ4n) is 0.948. The number of rotatable bonds is 8. The Hall–Kier alpha value is -1.52. The maximum absolute atomic E-state index is 10.1. The molecular formula is C10H10O13Zn2. The molecule has 0 amide bonds. The third-order valence-electron chi connectivity index (χ3n) is 2.05. The van der Waals surface area contributed by atoms with Gasteiger partial charge in [-0.2, -0.15) is 0 Å². The third kappa shape index (κ3) is 13.4. The molecule has 2 unspecified atom stereocenters. The van der Waals surface area contributed by atoms with Crippen molar-refractivity contribution >= 4 is 29.8 Å². The second kappa shape index (κ2) is 13.7. The SMILES string of the molecule is O=C([O-])C(O)C(O)C(=O)O.O=C([O-])CC(O)(CC(=O)[O-])C(=O)[O-].[Zn+2].[Zn+2]. The van der Waals surface area contributed by atoms with E-state index >= 15 is 0 Å².